The van der Waals surface area contributed by atoms with Gasteiger partial charge in [0.15, 0.2) is 0 Å². The van der Waals surface area contributed by atoms with Gasteiger partial charge in [0, 0.05) is 26.2 Å². The van der Waals surface area contributed by atoms with Gasteiger partial charge in [-0.05, 0) is 18.2 Å². The number of carbonyl (C=O) groups excluding carboxylic acids is 1. The van der Waals surface area contributed by atoms with Crippen molar-refractivity contribution in [3.8, 4) is 5.75 Å². The van der Waals surface area contributed by atoms with Gasteiger partial charge in [-0.1, -0.05) is 0 Å². The number of hydrogen-bond acceptors (Lipinski definition) is 4. The van der Waals surface area contributed by atoms with Gasteiger partial charge in [-0.2, -0.15) is 0 Å². The van der Waals surface area contributed by atoms with E-state index in [4.69, 9.17) is 5.11 Å². The number of amides is 1. The Morgan fingerprint density at radius 2 is 2.12 bits per heavy atom. The van der Waals surface area contributed by atoms with Crippen LogP contribution in [0.3, 0.4) is 0 Å². The summed E-state index contributed by atoms with van der Waals surface area (Å²) in [6.45, 7) is 0.126. The predicted octanol–water partition coefficient (Wildman–Crippen LogP) is 0.180. The maximum absolute atomic E-state index is 11.6. The Morgan fingerprint density at radius 1 is 1.44 bits per heavy atom. The third-order valence-corrected chi connectivity index (χ3v) is 2.12. The summed E-state index contributed by atoms with van der Waals surface area (Å²) < 4.78 is 0. The van der Waals surface area contributed by atoms with Crippen LogP contribution in [-0.4, -0.2) is 43.4 Å². The smallest absolute Gasteiger partial charge is 0.251 e. The van der Waals surface area contributed by atoms with Crippen LogP contribution in [0.1, 0.15) is 10.4 Å². The monoisotopic (exact) mass is 224 g/mol. The highest BCUT2D eigenvalue weighted by Crippen LogP contribution is 2.26. The number of hydrogen-bond donors (Lipinski definition) is 3. The largest absolute Gasteiger partial charge is 0.506 e. The van der Waals surface area contributed by atoms with Crippen molar-refractivity contribution in [3.05, 3.63) is 23.8 Å². The summed E-state index contributed by atoms with van der Waals surface area (Å²) in [7, 11) is 3.56. The number of carbonyl (C=O) groups is 1. The van der Waals surface area contributed by atoms with Crippen LogP contribution in [0.15, 0.2) is 18.2 Å². The molecule has 5 heteroatoms. The number of aromatic hydroxyl groups is 1. The second kappa shape index (κ2) is 5.37. The van der Waals surface area contributed by atoms with E-state index >= 15 is 0 Å². The van der Waals surface area contributed by atoms with E-state index in [1.807, 2.05) is 0 Å². The Labute approximate surface area is 94.3 Å². The maximum Gasteiger partial charge on any atom is 0.251 e. The summed E-state index contributed by atoms with van der Waals surface area (Å²) in [6.07, 6.45) is 0. The van der Waals surface area contributed by atoms with Crippen LogP contribution in [0.5, 0.6) is 5.75 Å². The predicted molar refractivity (Wildman–Crippen MR) is 61.9 cm³/mol. The first-order valence-corrected chi connectivity index (χ1v) is 4.95. The van der Waals surface area contributed by atoms with Gasteiger partial charge >= 0.3 is 0 Å². The first-order chi connectivity index (χ1) is 7.56. The van der Waals surface area contributed by atoms with Gasteiger partial charge in [-0.25, -0.2) is 0 Å². The third-order valence-electron chi connectivity index (χ3n) is 2.12. The lowest BCUT2D eigenvalue weighted by Gasteiger charge is -2.15. The topological polar surface area (TPSA) is 72.8 Å². The summed E-state index contributed by atoms with van der Waals surface area (Å²) in [5.74, 6) is -0.138. The number of phenolic OH excluding ortho intramolecular Hbond substituents is 1. The van der Waals surface area contributed by atoms with Crippen molar-refractivity contribution in [1.82, 2.24) is 5.32 Å². The molecule has 5 nitrogen and oxygen atoms in total. The van der Waals surface area contributed by atoms with Crippen LogP contribution in [0, 0.1) is 0 Å². The van der Waals surface area contributed by atoms with Crippen LogP contribution in [-0.2, 0) is 0 Å². The molecule has 0 atom stereocenters. The van der Waals surface area contributed by atoms with Crippen LogP contribution >= 0.6 is 0 Å². The molecule has 0 aliphatic rings. The molecule has 3 N–H and O–H groups in total. The van der Waals surface area contributed by atoms with Crippen molar-refractivity contribution in [2.75, 3.05) is 32.1 Å². The second-order valence-corrected chi connectivity index (χ2v) is 3.58. The molecule has 0 saturated carbocycles. The van der Waals surface area contributed by atoms with Gasteiger partial charge in [-0.15, -0.1) is 0 Å². The van der Waals surface area contributed by atoms with Crippen LogP contribution < -0.4 is 10.2 Å². The van der Waals surface area contributed by atoms with Crippen LogP contribution in [0.25, 0.3) is 0 Å². The number of benzene rings is 1. The van der Waals surface area contributed by atoms with Gasteiger partial charge in [0.05, 0.1) is 12.3 Å². The number of aliphatic hydroxyl groups excluding tert-OH is 1. The van der Waals surface area contributed by atoms with Gasteiger partial charge in [-0.3, -0.25) is 4.79 Å². The van der Waals surface area contributed by atoms with E-state index in [0.29, 0.717) is 11.3 Å². The third kappa shape index (κ3) is 2.87. The minimum absolute atomic E-state index is 0.0929. The molecule has 0 aromatic heterocycles. The van der Waals surface area contributed by atoms with Gasteiger partial charge in [0.25, 0.3) is 5.91 Å². The second-order valence-electron chi connectivity index (χ2n) is 3.58. The van der Waals surface area contributed by atoms with Crippen LogP contribution in [0.2, 0.25) is 0 Å². The first-order valence-electron chi connectivity index (χ1n) is 4.95. The quantitative estimate of drug-likeness (QED) is 0.682. The van der Waals surface area contributed by atoms with Gasteiger partial charge in [0.2, 0.25) is 0 Å². The molecule has 1 amide bonds. The van der Waals surface area contributed by atoms with E-state index in [0.717, 1.165) is 0 Å². The zero-order valence-corrected chi connectivity index (χ0v) is 9.40. The minimum Gasteiger partial charge on any atom is -0.506 e. The molecule has 0 unspecified atom stereocenters. The van der Waals surface area contributed by atoms with Crippen molar-refractivity contribution >= 4 is 11.6 Å². The number of anilines is 1. The van der Waals surface area contributed by atoms with Gasteiger partial charge in [0.1, 0.15) is 5.75 Å². The maximum atomic E-state index is 11.6. The van der Waals surface area contributed by atoms with Gasteiger partial charge < -0.3 is 20.4 Å². The number of aliphatic hydroxyl groups is 1. The fraction of sp³-hybridized carbons (Fsp3) is 0.364. The minimum atomic E-state index is -0.267. The molecule has 0 fully saturated rings. The van der Waals surface area contributed by atoms with E-state index in [1.165, 1.54) is 12.1 Å². The lowest BCUT2D eigenvalue weighted by molar-refractivity contribution is 0.0945. The molecule has 1 rings (SSSR count). The van der Waals surface area contributed by atoms with Crippen molar-refractivity contribution < 1.29 is 15.0 Å². The lowest BCUT2D eigenvalue weighted by atomic mass is 10.1. The zero-order chi connectivity index (χ0) is 12.1. The Kier molecular flexibility index (Phi) is 4.13. The Bertz CT molecular complexity index is 377. The first kappa shape index (κ1) is 12.3. The molecule has 0 aliphatic carbocycles. The summed E-state index contributed by atoms with van der Waals surface area (Å²) in [5.41, 5.74) is 1.03. The van der Waals surface area contributed by atoms with E-state index in [2.05, 4.69) is 5.32 Å². The molecular weight excluding hydrogens is 208 g/mol. The van der Waals surface area contributed by atoms with E-state index in [-0.39, 0.29) is 24.8 Å². The standard InChI is InChI=1S/C11H16N2O3/c1-13(2)9-7-8(3-4-10(9)15)11(16)12-5-6-14/h3-4,7,14-15H,5-6H2,1-2H3,(H,12,16). The number of rotatable bonds is 4. The molecule has 16 heavy (non-hydrogen) atoms. The normalized spacial score (nSPS) is 9.94. The highest BCUT2D eigenvalue weighted by molar-refractivity contribution is 5.95. The molecular formula is C11H16N2O3. The average Bonchev–Trinajstić information content (AvgIpc) is 2.26. The van der Waals surface area contributed by atoms with Crippen molar-refractivity contribution in [2.24, 2.45) is 0 Å². The van der Waals surface area contributed by atoms with Crippen molar-refractivity contribution in [1.29, 1.82) is 0 Å². The fourth-order valence-electron chi connectivity index (χ4n) is 1.29. The Hall–Kier alpha value is -1.75. The summed E-state index contributed by atoms with van der Waals surface area (Å²) in [6, 6.07) is 4.61. The Balaban J connectivity index is 2.90. The average molecular weight is 224 g/mol. The van der Waals surface area contributed by atoms with E-state index < -0.39 is 0 Å². The molecule has 0 saturated heterocycles. The Morgan fingerprint density at radius 3 is 2.69 bits per heavy atom. The summed E-state index contributed by atoms with van der Waals surface area (Å²) in [5, 5.41) is 20.7. The fourth-order valence-corrected chi connectivity index (χ4v) is 1.29. The molecule has 1 aromatic rings. The SMILES string of the molecule is CN(C)c1cc(C(=O)NCCO)ccc1O. The molecule has 88 valence electrons. The molecule has 0 spiro atoms. The van der Waals surface area contributed by atoms with E-state index in [9.17, 15) is 9.90 Å². The lowest BCUT2D eigenvalue weighted by Crippen LogP contribution is -2.26. The number of nitrogens with zero attached hydrogens (tertiary/aromatic N) is 1. The summed E-state index contributed by atoms with van der Waals surface area (Å²) in [4.78, 5) is 13.3. The molecule has 0 bridgehead atoms. The molecule has 0 radical (unpaired) electrons. The van der Waals surface area contributed by atoms with Crippen LogP contribution in [0.4, 0.5) is 5.69 Å². The van der Waals surface area contributed by atoms with Crippen molar-refractivity contribution in [2.45, 2.75) is 0 Å². The molecule has 1 aromatic carbocycles. The number of phenols is 1. The molecule has 0 aliphatic heterocycles. The highest BCUT2D eigenvalue weighted by Gasteiger charge is 2.09. The zero-order valence-electron chi connectivity index (χ0n) is 9.40. The summed E-state index contributed by atoms with van der Waals surface area (Å²) >= 11 is 0. The number of nitrogens with one attached hydrogen (secondary N) is 1. The molecule has 0 heterocycles. The highest BCUT2D eigenvalue weighted by atomic mass is 16.3. The van der Waals surface area contributed by atoms with E-state index in [1.54, 1.807) is 25.1 Å². The van der Waals surface area contributed by atoms with Crippen molar-refractivity contribution in [3.63, 3.8) is 0 Å².